The fourth-order valence-corrected chi connectivity index (χ4v) is 1.16. The van der Waals surface area contributed by atoms with Gasteiger partial charge in [-0.15, -0.1) is 0 Å². The molecule has 0 unspecified atom stereocenters. The van der Waals surface area contributed by atoms with Gasteiger partial charge in [0.1, 0.15) is 0 Å². The zero-order valence-corrected chi connectivity index (χ0v) is 11.1. The molecule has 0 aliphatic heterocycles. The van der Waals surface area contributed by atoms with Crippen molar-refractivity contribution < 1.29 is 19.4 Å². The quantitative estimate of drug-likeness (QED) is 0.634. The second-order valence-corrected chi connectivity index (χ2v) is 4.99. The first-order valence-corrected chi connectivity index (χ1v) is 5.87. The zero-order valence-electron chi connectivity index (χ0n) is 11.1. The lowest BCUT2D eigenvalue weighted by atomic mass is 9.89. The van der Waals surface area contributed by atoms with Crippen LogP contribution in [0.3, 0.4) is 0 Å². The predicted molar refractivity (Wildman–Crippen MR) is 64.7 cm³/mol. The summed E-state index contributed by atoms with van der Waals surface area (Å²) in [5.41, 5.74) is -1.02. The van der Waals surface area contributed by atoms with Crippen LogP contribution < -0.4 is 5.32 Å². The lowest BCUT2D eigenvalue weighted by Crippen LogP contribution is -2.34. The number of aliphatic carboxylic acids is 1. The molecule has 0 aromatic carbocycles. The molecule has 1 amide bonds. The minimum Gasteiger partial charge on any atom is -0.481 e. The number of carboxylic acid groups (broad SMARTS) is 1. The van der Waals surface area contributed by atoms with Crippen LogP contribution in [0.1, 0.15) is 40.5 Å². The van der Waals surface area contributed by atoms with Gasteiger partial charge in [0.25, 0.3) is 0 Å². The van der Waals surface area contributed by atoms with E-state index in [0.717, 1.165) is 6.42 Å². The average molecular weight is 245 g/mol. The largest absolute Gasteiger partial charge is 0.481 e. The molecule has 0 atom stereocenters. The normalized spacial score (nSPS) is 11.6. The second-order valence-electron chi connectivity index (χ2n) is 4.99. The van der Waals surface area contributed by atoms with Crippen LogP contribution in [-0.4, -0.2) is 36.2 Å². The van der Waals surface area contributed by atoms with Gasteiger partial charge in [0.15, 0.2) is 0 Å². The van der Waals surface area contributed by atoms with Gasteiger partial charge in [-0.25, -0.2) is 0 Å². The summed E-state index contributed by atoms with van der Waals surface area (Å²) in [6, 6.07) is 0. The molecule has 17 heavy (non-hydrogen) atoms. The maximum atomic E-state index is 11.4. The summed E-state index contributed by atoms with van der Waals surface area (Å²) in [6.07, 6.45) is 0.918. The number of rotatable bonds is 8. The van der Waals surface area contributed by atoms with Crippen molar-refractivity contribution in [3.05, 3.63) is 0 Å². The van der Waals surface area contributed by atoms with E-state index in [1.165, 1.54) is 13.8 Å². The van der Waals surface area contributed by atoms with Crippen LogP contribution in [0, 0.1) is 5.41 Å². The van der Waals surface area contributed by atoms with Crippen molar-refractivity contribution in [1.29, 1.82) is 0 Å². The molecule has 0 heterocycles. The van der Waals surface area contributed by atoms with Gasteiger partial charge in [-0.05, 0) is 34.1 Å². The summed E-state index contributed by atoms with van der Waals surface area (Å²) >= 11 is 0. The molecule has 0 spiro atoms. The van der Waals surface area contributed by atoms with Gasteiger partial charge in [-0.3, -0.25) is 9.59 Å². The number of ether oxygens (including phenoxy) is 1. The molecule has 0 saturated heterocycles. The van der Waals surface area contributed by atoms with Crippen molar-refractivity contribution in [2.45, 2.75) is 46.6 Å². The Balaban J connectivity index is 3.70. The van der Waals surface area contributed by atoms with Gasteiger partial charge >= 0.3 is 5.97 Å². The maximum Gasteiger partial charge on any atom is 0.309 e. The van der Waals surface area contributed by atoms with Crippen molar-refractivity contribution in [1.82, 2.24) is 5.32 Å². The van der Waals surface area contributed by atoms with Crippen LogP contribution in [0.4, 0.5) is 0 Å². The highest BCUT2D eigenvalue weighted by Gasteiger charge is 2.29. The molecule has 0 fully saturated rings. The van der Waals surface area contributed by atoms with Crippen LogP contribution in [-0.2, 0) is 14.3 Å². The molecule has 2 N–H and O–H groups in total. The van der Waals surface area contributed by atoms with E-state index in [1.807, 2.05) is 13.8 Å². The van der Waals surface area contributed by atoms with Crippen molar-refractivity contribution in [2.75, 3.05) is 13.2 Å². The van der Waals surface area contributed by atoms with Crippen molar-refractivity contribution in [3.8, 4) is 0 Å². The number of amides is 1. The molecule has 0 aromatic heterocycles. The standard InChI is InChI=1S/C12H23NO4/c1-9(2)17-7-5-6-13-10(14)8-12(3,4)11(15)16/h9H,5-8H2,1-4H3,(H,13,14)(H,15,16). The maximum absolute atomic E-state index is 11.4. The Morgan fingerprint density at radius 2 is 1.94 bits per heavy atom. The van der Waals surface area contributed by atoms with Crippen LogP contribution in [0.2, 0.25) is 0 Å². The van der Waals surface area contributed by atoms with E-state index >= 15 is 0 Å². The molecule has 100 valence electrons. The monoisotopic (exact) mass is 245 g/mol. The number of hydrogen-bond donors (Lipinski definition) is 2. The van der Waals surface area contributed by atoms with Gasteiger partial charge in [-0.2, -0.15) is 0 Å². The minimum atomic E-state index is -1.02. The molecule has 0 radical (unpaired) electrons. The smallest absolute Gasteiger partial charge is 0.309 e. The molecule has 0 aliphatic carbocycles. The Morgan fingerprint density at radius 1 is 1.35 bits per heavy atom. The van der Waals surface area contributed by atoms with E-state index in [-0.39, 0.29) is 18.4 Å². The van der Waals surface area contributed by atoms with E-state index in [0.29, 0.717) is 13.2 Å². The highest BCUT2D eigenvalue weighted by atomic mass is 16.5. The van der Waals surface area contributed by atoms with Crippen LogP contribution in [0.25, 0.3) is 0 Å². The first-order valence-electron chi connectivity index (χ1n) is 5.87. The number of nitrogens with one attached hydrogen (secondary N) is 1. The molecule has 0 aliphatic rings. The van der Waals surface area contributed by atoms with Gasteiger partial charge in [0, 0.05) is 19.6 Å². The Hall–Kier alpha value is -1.10. The molecule has 0 saturated carbocycles. The molecule has 5 nitrogen and oxygen atoms in total. The lowest BCUT2D eigenvalue weighted by Gasteiger charge is -2.18. The van der Waals surface area contributed by atoms with E-state index < -0.39 is 11.4 Å². The summed E-state index contributed by atoms with van der Waals surface area (Å²) in [5.74, 6) is -1.20. The van der Waals surface area contributed by atoms with Crippen LogP contribution >= 0.6 is 0 Å². The highest BCUT2D eigenvalue weighted by Crippen LogP contribution is 2.19. The summed E-state index contributed by atoms with van der Waals surface area (Å²) in [5, 5.41) is 11.5. The Bertz CT molecular complexity index is 261. The molecule has 0 bridgehead atoms. The van der Waals surface area contributed by atoms with Gasteiger partial charge in [-0.1, -0.05) is 0 Å². The van der Waals surface area contributed by atoms with Crippen LogP contribution in [0.5, 0.6) is 0 Å². The molecule has 0 rings (SSSR count). The van der Waals surface area contributed by atoms with Gasteiger partial charge in [0.05, 0.1) is 11.5 Å². The van der Waals surface area contributed by atoms with Crippen LogP contribution in [0.15, 0.2) is 0 Å². The lowest BCUT2D eigenvalue weighted by molar-refractivity contribution is -0.149. The fraction of sp³-hybridized carbons (Fsp3) is 0.833. The summed E-state index contributed by atoms with van der Waals surface area (Å²) in [6.45, 7) is 8.09. The van der Waals surface area contributed by atoms with E-state index in [9.17, 15) is 9.59 Å². The Labute approximate surface area is 103 Å². The zero-order chi connectivity index (χ0) is 13.5. The average Bonchev–Trinajstić information content (AvgIpc) is 2.15. The third-order valence-corrected chi connectivity index (χ3v) is 2.28. The second kappa shape index (κ2) is 7.27. The Morgan fingerprint density at radius 3 is 2.41 bits per heavy atom. The first kappa shape index (κ1) is 15.9. The van der Waals surface area contributed by atoms with Gasteiger partial charge in [0.2, 0.25) is 5.91 Å². The minimum absolute atomic E-state index is 0.00658. The third-order valence-electron chi connectivity index (χ3n) is 2.28. The summed E-state index contributed by atoms with van der Waals surface area (Å²) in [4.78, 5) is 22.3. The van der Waals surface area contributed by atoms with E-state index in [1.54, 1.807) is 0 Å². The predicted octanol–water partition coefficient (Wildman–Crippen LogP) is 1.42. The van der Waals surface area contributed by atoms with Crippen molar-refractivity contribution in [2.24, 2.45) is 5.41 Å². The van der Waals surface area contributed by atoms with Gasteiger partial charge < -0.3 is 15.2 Å². The van der Waals surface area contributed by atoms with Crippen molar-refractivity contribution in [3.63, 3.8) is 0 Å². The molecular formula is C12H23NO4. The fourth-order valence-electron chi connectivity index (χ4n) is 1.16. The SMILES string of the molecule is CC(C)OCCCNC(=O)CC(C)(C)C(=O)O. The highest BCUT2D eigenvalue weighted by molar-refractivity contribution is 5.84. The number of carbonyl (C=O) groups excluding carboxylic acids is 1. The number of carboxylic acids is 1. The van der Waals surface area contributed by atoms with E-state index in [2.05, 4.69) is 5.32 Å². The van der Waals surface area contributed by atoms with E-state index in [4.69, 9.17) is 9.84 Å². The third kappa shape index (κ3) is 7.74. The summed E-state index contributed by atoms with van der Waals surface area (Å²) in [7, 11) is 0. The number of hydrogen-bond acceptors (Lipinski definition) is 3. The number of carbonyl (C=O) groups is 2. The molecule has 5 heteroatoms. The first-order chi connectivity index (χ1) is 7.75. The molecule has 0 aromatic rings. The Kier molecular flexibility index (Phi) is 6.80. The topological polar surface area (TPSA) is 75.6 Å². The summed E-state index contributed by atoms with van der Waals surface area (Å²) < 4.78 is 5.32. The molecular weight excluding hydrogens is 222 g/mol. The van der Waals surface area contributed by atoms with Crippen molar-refractivity contribution >= 4 is 11.9 Å².